The van der Waals surface area contributed by atoms with Crippen molar-refractivity contribution >= 4 is 5.78 Å². The highest BCUT2D eigenvalue weighted by molar-refractivity contribution is 6.02. The Morgan fingerprint density at radius 2 is 1.84 bits per heavy atom. The Labute approximate surface area is 114 Å². The van der Waals surface area contributed by atoms with E-state index in [-0.39, 0.29) is 11.6 Å². The Morgan fingerprint density at radius 3 is 2.37 bits per heavy atom. The van der Waals surface area contributed by atoms with Crippen molar-refractivity contribution in [2.45, 2.75) is 51.0 Å². The Kier molecular flexibility index (Phi) is 4.35. The molecule has 3 heteroatoms. The van der Waals surface area contributed by atoms with Gasteiger partial charge in [-0.15, -0.1) is 0 Å². The molecule has 1 fully saturated rings. The summed E-state index contributed by atoms with van der Waals surface area (Å²) >= 11 is 0. The molecule has 2 nitrogen and oxygen atoms in total. The van der Waals surface area contributed by atoms with Crippen LogP contribution in [0.5, 0.6) is 0 Å². The second-order valence-corrected chi connectivity index (χ2v) is 5.41. The van der Waals surface area contributed by atoms with Gasteiger partial charge >= 0.3 is 0 Å². The Balaban J connectivity index is 2.31. The summed E-state index contributed by atoms with van der Waals surface area (Å²) in [5, 5.41) is 0. The van der Waals surface area contributed by atoms with E-state index in [0.717, 1.165) is 38.5 Å². The van der Waals surface area contributed by atoms with Crippen LogP contribution in [-0.2, 0) is 4.74 Å². The molecule has 0 amide bonds. The quantitative estimate of drug-likeness (QED) is 0.608. The third-order valence-electron chi connectivity index (χ3n) is 4.14. The second-order valence-electron chi connectivity index (χ2n) is 5.41. The number of benzene rings is 1. The van der Waals surface area contributed by atoms with Gasteiger partial charge in [0.05, 0.1) is 0 Å². The molecule has 0 spiro atoms. The average Bonchev–Trinajstić information content (AvgIpc) is 2.67. The standard InChI is InChI=1S/C16H21FO2/c1-12-11-13(7-8-14(12)17)15(18)16(19-2)9-5-3-4-6-10-16/h7-8,11H,3-6,9-10H2,1-2H3. The van der Waals surface area contributed by atoms with Crippen LogP contribution in [0.4, 0.5) is 4.39 Å². The Hall–Kier alpha value is -1.22. The third-order valence-corrected chi connectivity index (χ3v) is 4.14. The summed E-state index contributed by atoms with van der Waals surface area (Å²) in [6.45, 7) is 1.68. The van der Waals surface area contributed by atoms with Crippen LogP contribution in [0, 0.1) is 12.7 Å². The Morgan fingerprint density at radius 1 is 1.21 bits per heavy atom. The average molecular weight is 264 g/mol. The molecule has 0 aromatic heterocycles. The van der Waals surface area contributed by atoms with E-state index in [1.165, 1.54) is 6.07 Å². The number of rotatable bonds is 3. The third kappa shape index (κ3) is 2.86. The number of methoxy groups -OCH3 is 1. The van der Waals surface area contributed by atoms with Crippen LogP contribution in [0.25, 0.3) is 0 Å². The Bertz CT molecular complexity index is 460. The molecule has 0 aliphatic heterocycles. The van der Waals surface area contributed by atoms with Gasteiger partial charge in [-0.3, -0.25) is 4.79 Å². The van der Waals surface area contributed by atoms with Gasteiger partial charge in [0.2, 0.25) is 0 Å². The molecule has 0 unspecified atom stereocenters. The molecule has 0 saturated heterocycles. The molecule has 0 radical (unpaired) electrons. The van der Waals surface area contributed by atoms with Gasteiger partial charge in [-0.05, 0) is 43.5 Å². The highest BCUT2D eigenvalue weighted by Crippen LogP contribution is 2.33. The number of hydrogen-bond donors (Lipinski definition) is 0. The van der Waals surface area contributed by atoms with Crippen molar-refractivity contribution < 1.29 is 13.9 Å². The molecule has 19 heavy (non-hydrogen) atoms. The van der Waals surface area contributed by atoms with Crippen molar-refractivity contribution in [1.82, 2.24) is 0 Å². The van der Waals surface area contributed by atoms with Crippen molar-refractivity contribution in [3.05, 3.63) is 35.1 Å². The van der Waals surface area contributed by atoms with Crippen LogP contribution in [0.15, 0.2) is 18.2 Å². The monoisotopic (exact) mass is 264 g/mol. The molecule has 1 aromatic carbocycles. The van der Waals surface area contributed by atoms with Crippen LogP contribution in [0.1, 0.15) is 54.4 Å². The molecule has 0 heterocycles. The lowest BCUT2D eigenvalue weighted by Crippen LogP contribution is -2.40. The van der Waals surface area contributed by atoms with Gasteiger partial charge in [-0.2, -0.15) is 0 Å². The maximum Gasteiger partial charge on any atom is 0.194 e. The minimum atomic E-state index is -0.708. The molecule has 0 bridgehead atoms. The number of carbonyl (C=O) groups excluding carboxylic acids is 1. The van der Waals surface area contributed by atoms with Gasteiger partial charge in [-0.1, -0.05) is 25.7 Å². The van der Waals surface area contributed by atoms with Gasteiger partial charge in [0.15, 0.2) is 5.78 Å². The van der Waals surface area contributed by atoms with E-state index in [2.05, 4.69) is 0 Å². The maximum absolute atomic E-state index is 13.3. The van der Waals surface area contributed by atoms with Crippen LogP contribution in [-0.4, -0.2) is 18.5 Å². The van der Waals surface area contributed by atoms with Crippen molar-refractivity contribution in [3.8, 4) is 0 Å². The van der Waals surface area contributed by atoms with Crippen LogP contribution >= 0.6 is 0 Å². The van der Waals surface area contributed by atoms with Crippen LogP contribution < -0.4 is 0 Å². The highest BCUT2D eigenvalue weighted by atomic mass is 19.1. The minimum absolute atomic E-state index is 0.000000000000000222. The first-order valence-electron chi connectivity index (χ1n) is 6.95. The summed E-state index contributed by atoms with van der Waals surface area (Å²) in [7, 11) is 1.61. The first-order valence-corrected chi connectivity index (χ1v) is 6.95. The molecular weight excluding hydrogens is 243 g/mol. The lowest BCUT2D eigenvalue weighted by molar-refractivity contribution is -0.00693. The molecule has 1 aliphatic carbocycles. The minimum Gasteiger partial charge on any atom is -0.370 e. The molecule has 1 aromatic rings. The molecule has 0 N–H and O–H groups in total. The van der Waals surface area contributed by atoms with E-state index in [9.17, 15) is 9.18 Å². The van der Waals surface area contributed by atoms with Gasteiger partial charge in [-0.25, -0.2) is 4.39 Å². The summed E-state index contributed by atoms with van der Waals surface area (Å²) in [6.07, 6.45) is 5.86. The zero-order valence-electron chi connectivity index (χ0n) is 11.7. The first-order chi connectivity index (χ1) is 9.09. The van der Waals surface area contributed by atoms with Crippen LogP contribution in [0.2, 0.25) is 0 Å². The summed E-state index contributed by atoms with van der Waals surface area (Å²) in [6, 6.07) is 4.56. The number of ketones is 1. The van der Waals surface area contributed by atoms with Gasteiger partial charge in [0.1, 0.15) is 11.4 Å². The van der Waals surface area contributed by atoms with E-state index >= 15 is 0 Å². The van der Waals surface area contributed by atoms with Crippen molar-refractivity contribution in [3.63, 3.8) is 0 Å². The largest absolute Gasteiger partial charge is 0.370 e. The molecular formula is C16H21FO2. The fourth-order valence-electron chi connectivity index (χ4n) is 2.87. The number of ether oxygens (including phenoxy) is 1. The van der Waals surface area contributed by atoms with E-state index in [1.54, 1.807) is 26.2 Å². The number of Topliss-reactive ketones (excluding diaryl/α,β-unsaturated/α-hetero) is 1. The fourth-order valence-corrected chi connectivity index (χ4v) is 2.87. The SMILES string of the molecule is COC1(C(=O)c2ccc(F)c(C)c2)CCCCCC1. The van der Waals surface area contributed by atoms with Gasteiger partial charge in [0, 0.05) is 12.7 Å². The normalized spacial score (nSPS) is 18.9. The van der Waals surface area contributed by atoms with E-state index in [0.29, 0.717) is 11.1 Å². The molecule has 2 rings (SSSR count). The highest BCUT2D eigenvalue weighted by Gasteiger charge is 2.39. The number of aryl methyl sites for hydroxylation is 1. The van der Waals surface area contributed by atoms with E-state index in [1.807, 2.05) is 0 Å². The lowest BCUT2D eigenvalue weighted by Gasteiger charge is -2.30. The number of carbonyl (C=O) groups is 1. The van der Waals surface area contributed by atoms with Gasteiger partial charge in [0.25, 0.3) is 0 Å². The molecule has 104 valence electrons. The lowest BCUT2D eigenvalue weighted by atomic mass is 9.85. The smallest absolute Gasteiger partial charge is 0.194 e. The van der Waals surface area contributed by atoms with Gasteiger partial charge < -0.3 is 4.74 Å². The van der Waals surface area contributed by atoms with Crippen molar-refractivity contribution in [1.29, 1.82) is 0 Å². The molecule has 0 atom stereocenters. The maximum atomic E-state index is 13.3. The molecule has 1 saturated carbocycles. The van der Waals surface area contributed by atoms with E-state index in [4.69, 9.17) is 4.74 Å². The second kappa shape index (κ2) is 5.83. The summed E-state index contributed by atoms with van der Waals surface area (Å²) in [4.78, 5) is 12.7. The van der Waals surface area contributed by atoms with Crippen molar-refractivity contribution in [2.75, 3.05) is 7.11 Å². The first kappa shape index (κ1) is 14.2. The van der Waals surface area contributed by atoms with Crippen LogP contribution in [0.3, 0.4) is 0 Å². The summed E-state index contributed by atoms with van der Waals surface area (Å²) in [5.41, 5.74) is 0.356. The molecule has 1 aliphatic rings. The number of hydrogen-bond acceptors (Lipinski definition) is 2. The summed E-state index contributed by atoms with van der Waals surface area (Å²) < 4.78 is 18.9. The fraction of sp³-hybridized carbons (Fsp3) is 0.562. The van der Waals surface area contributed by atoms with Crippen molar-refractivity contribution in [2.24, 2.45) is 0 Å². The predicted octanol–water partition coefficient (Wildman–Crippen LogP) is 4.06. The zero-order chi connectivity index (χ0) is 13.9. The zero-order valence-corrected chi connectivity index (χ0v) is 11.7. The van der Waals surface area contributed by atoms with E-state index < -0.39 is 5.60 Å². The predicted molar refractivity (Wildman–Crippen MR) is 72.9 cm³/mol. The topological polar surface area (TPSA) is 26.3 Å². The number of halogens is 1. The summed E-state index contributed by atoms with van der Waals surface area (Å²) in [5.74, 6) is -0.274.